The van der Waals surface area contributed by atoms with Gasteiger partial charge in [-0.15, -0.1) is 6.42 Å². The summed E-state index contributed by atoms with van der Waals surface area (Å²) < 4.78 is 0. The van der Waals surface area contributed by atoms with Crippen LogP contribution in [0.15, 0.2) is 0 Å². The topological polar surface area (TPSA) is 81.1 Å². The highest BCUT2D eigenvalue weighted by molar-refractivity contribution is 5.80. The Hall–Kier alpha value is -1.74. The van der Waals surface area contributed by atoms with Crippen molar-refractivity contribution in [3.05, 3.63) is 0 Å². The minimum Gasteiger partial charge on any atom is -0.480 e. The average molecular weight is 268 g/mol. The number of urea groups is 1. The SMILES string of the molecule is C#CCN(CC(=O)O)C(=O)N1CCC(C(C)O)CC1. The highest BCUT2D eigenvalue weighted by Crippen LogP contribution is 2.21. The summed E-state index contributed by atoms with van der Waals surface area (Å²) in [6.07, 6.45) is 6.21. The molecule has 0 aromatic carbocycles. The molecule has 1 rings (SSSR count). The number of amides is 2. The molecule has 1 heterocycles. The summed E-state index contributed by atoms with van der Waals surface area (Å²) in [5.74, 6) is 1.41. The van der Waals surface area contributed by atoms with E-state index in [9.17, 15) is 14.7 Å². The van der Waals surface area contributed by atoms with Gasteiger partial charge in [-0.1, -0.05) is 5.92 Å². The summed E-state index contributed by atoms with van der Waals surface area (Å²) in [7, 11) is 0. The van der Waals surface area contributed by atoms with Gasteiger partial charge >= 0.3 is 12.0 Å². The van der Waals surface area contributed by atoms with Crippen LogP contribution < -0.4 is 0 Å². The number of piperidine rings is 1. The molecule has 0 spiro atoms. The van der Waals surface area contributed by atoms with E-state index >= 15 is 0 Å². The van der Waals surface area contributed by atoms with E-state index in [2.05, 4.69) is 5.92 Å². The monoisotopic (exact) mass is 268 g/mol. The third kappa shape index (κ3) is 4.45. The first-order valence-electron chi connectivity index (χ1n) is 6.33. The maximum absolute atomic E-state index is 12.1. The normalized spacial score (nSPS) is 17.6. The van der Waals surface area contributed by atoms with Gasteiger partial charge < -0.3 is 20.0 Å². The van der Waals surface area contributed by atoms with E-state index in [-0.39, 0.29) is 31.1 Å². The van der Waals surface area contributed by atoms with Crippen LogP contribution in [-0.2, 0) is 4.79 Å². The molecule has 1 atom stereocenters. The van der Waals surface area contributed by atoms with Gasteiger partial charge in [0.05, 0.1) is 12.6 Å². The molecule has 1 fully saturated rings. The number of carboxylic acid groups (broad SMARTS) is 1. The molecule has 2 amide bonds. The lowest BCUT2D eigenvalue weighted by atomic mass is 9.92. The van der Waals surface area contributed by atoms with Crippen molar-refractivity contribution in [2.45, 2.75) is 25.9 Å². The van der Waals surface area contributed by atoms with Gasteiger partial charge in [0.25, 0.3) is 0 Å². The number of hydrogen-bond donors (Lipinski definition) is 2. The van der Waals surface area contributed by atoms with Crippen molar-refractivity contribution in [3.63, 3.8) is 0 Å². The Morgan fingerprint density at radius 3 is 2.47 bits per heavy atom. The Labute approximate surface area is 113 Å². The van der Waals surface area contributed by atoms with Gasteiger partial charge in [-0.2, -0.15) is 0 Å². The number of aliphatic hydroxyl groups is 1. The molecule has 0 aromatic heterocycles. The number of nitrogens with zero attached hydrogens (tertiary/aromatic N) is 2. The fraction of sp³-hybridized carbons (Fsp3) is 0.692. The number of terminal acetylenes is 1. The van der Waals surface area contributed by atoms with Crippen LogP contribution >= 0.6 is 0 Å². The number of likely N-dealkylation sites (tertiary alicyclic amines) is 1. The Kier molecular flexibility index (Phi) is 5.64. The van der Waals surface area contributed by atoms with Gasteiger partial charge in [0.15, 0.2) is 0 Å². The summed E-state index contributed by atoms with van der Waals surface area (Å²) in [5.41, 5.74) is 0. The molecule has 1 aliphatic rings. The maximum atomic E-state index is 12.1. The van der Waals surface area contributed by atoms with Crippen molar-refractivity contribution in [1.29, 1.82) is 0 Å². The van der Waals surface area contributed by atoms with Gasteiger partial charge in [-0.25, -0.2) is 4.79 Å². The van der Waals surface area contributed by atoms with E-state index in [0.717, 1.165) is 17.7 Å². The predicted octanol–water partition coefficient (Wildman–Crippen LogP) is 0.219. The molecule has 6 nitrogen and oxygen atoms in total. The molecule has 0 radical (unpaired) electrons. The Morgan fingerprint density at radius 2 is 2.05 bits per heavy atom. The molecule has 0 bridgehead atoms. The minimum absolute atomic E-state index is 0.0124. The van der Waals surface area contributed by atoms with E-state index in [1.165, 1.54) is 0 Å². The number of aliphatic hydroxyl groups excluding tert-OH is 1. The molecule has 1 saturated heterocycles. The minimum atomic E-state index is -1.08. The zero-order valence-corrected chi connectivity index (χ0v) is 11.1. The van der Waals surface area contributed by atoms with Gasteiger partial charge in [0, 0.05) is 13.1 Å². The first-order valence-corrected chi connectivity index (χ1v) is 6.33. The van der Waals surface area contributed by atoms with Gasteiger partial charge in [0.2, 0.25) is 0 Å². The van der Waals surface area contributed by atoms with Crippen LogP contribution in [0, 0.1) is 18.3 Å². The summed E-state index contributed by atoms with van der Waals surface area (Å²) >= 11 is 0. The third-order valence-electron chi connectivity index (χ3n) is 3.37. The lowest BCUT2D eigenvalue weighted by Crippen LogP contribution is -2.49. The lowest BCUT2D eigenvalue weighted by Gasteiger charge is -2.35. The van der Waals surface area contributed by atoms with Crippen molar-refractivity contribution in [2.75, 3.05) is 26.2 Å². The molecule has 1 unspecified atom stereocenters. The molecule has 2 N–H and O–H groups in total. The molecule has 0 aliphatic carbocycles. The van der Waals surface area contributed by atoms with Gasteiger partial charge in [0.1, 0.15) is 6.54 Å². The number of rotatable bonds is 4. The molecule has 0 saturated carbocycles. The van der Waals surface area contributed by atoms with E-state index in [4.69, 9.17) is 11.5 Å². The molecular weight excluding hydrogens is 248 g/mol. The smallest absolute Gasteiger partial charge is 0.323 e. The zero-order valence-electron chi connectivity index (χ0n) is 11.1. The van der Waals surface area contributed by atoms with Gasteiger partial charge in [-0.05, 0) is 25.7 Å². The molecule has 0 aromatic rings. The van der Waals surface area contributed by atoms with Crippen LogP contribution in [0.3, 0.4) is 0 Å². The molecule has 106 valence electrons. The molecule has 6 heteroatoms. The van der Waals surface area contributed by atoms with Crippen molar-refractivity contribution in [1.82, 2.24) is 9.80 Å². The van der Waals surface area contributed by atoms with Crippen molar-refractivity contribution in [2.24, 2.45) is 5.92 Å². The second-order valence-electron chi connectivity index (χ2n) is 4.80. The fourth-order valence-corrected chi connectivity index (χ4v) is 2.24. The molecule has 1 aliphatic heterocycles. The first kappa shape index (κ1) is 15.3. The van der Waals surface area contributed by atoms with Crippen LogP contribution in [0.1, 0.15) is 19.8 Å². The van der Waals surface area contributed by atoms with Crippen LogP contribution in [0.25, 0.3) is 0 Å². The summed E-state index contributed by atoms with van der Waals surface area (Å²) in [5, 5.41) is 18.3. The highest BCUT2D eigenvalue weighted by Gasteiger charge is 2.28. The van der Waals surface area contributed by atoms with E-state index in [0.29, 0.717) is 13.1 Å². The van der Waals surface area contributed by atoms with Crippen molar-refractivity contribution >= 4 is 12.0 Å². The van der Waals surface area contributed by atoms with Crippen LogP contribution in [0.5, 0.6) is 0 Å². The Balaban J connectivity index is 2.57. The Bertz CT molecular complexity index is 367. The van der Waals surface area contributed by atoms with Crippen molar-refractivity contribution in [3.8, 4) is 12.3 Å². The summed E-state index contributed by atoms with van der Waals surface area (Å²) in [4.78, 5) is 25.6. The van der Waals surface area contributed by atoms with E-state index in [1.807, 2.05) is 0 Å². The third-order valence-corrected chi connectivity index (χ3v) is 3.37. The molecule has 19 heavy (non-hydrogen) atoms. The largest absolute Gasteiger partial charge is 0.480 e. The second kappa shape index (κ2) is 7.00. The lowest BCUT2D eigenvalue weighted by molar-refractivity contribution is -0.137. The maximum Gasteiger partial charge on any atom is 0.323 e. The van der Waals surface area contributed by atoms with Crippen LogP contribution in [-0.4, -0.2) is 64.3 Å². The Morgan fingerprint density at radius 1 is 1.47 bits per heavy atom. The number of carbonyl (C=O) groups excluding carboxylic acids is 1. The average Bonchev–Trinajstić information content (AvgIpc) is 2.37. The number of carboxylic acids is 1. The summed E-state index contributed by atoms with van der Waals surface area (Å²) in [6.45, 7) is 2.39. The fourth-order valence-electron chi connectivity index (χ4n) is 2.24. The molecular formula is C13H20N2O4. The standard InChI is InChI=1S/C13H20N2O4/c1-3-6-15(9-12(17)18)13(19)14-7-4-11(5-8-14)10(2)16/h1,10-11,16H,4-9H2,2H3,(H,17,18). The van der Waals surface area contributed by atoms with Crippen LogP contribution in [0.4, 0.5) is 4.79 Å². The second-order valence-corrected chi connectivity index (χ2v) is 4.80. The quantitative estimate of drug-likeness (QED) is 0.715. The summed E-state index contributed by atoms with van der Waals surface area (Å²) in [6, 6.07) is -0.343. The number of aliphatic carboxylic acids is 1. The number of carbonyl (C=O) groups is 2. The first-order chi connectivity index (χ1) is 8.95. The van der Waals surface area contributed by atoms with E-state index < -0.39 is 5.97 Å². The predicted molar refractivity (Wildman–Crippen MR) is 69.4 cm³/mol. The van der Waals surface area contributed by atoms with E-state index in [1.54, 1.807) is 11.8 Å². The van der Waals surface area contributed by atoms with Crippen molar-refractivity contribution < 1.29 is 19.8 Å². The number of hydrogen-bond acceptors (Lipinski definition) is 3. The van der Waals surface area contributed by atoms with Gasteiger partial charge in [-0.3, -0.25) is 4.79 Å². The zero-order chi connectivity index (χ0) is 14.4. The highest BCUT2D eigenvalue weighted by atomic mass is 16.4. The van der Waals surface area contributed by atoms with Crippen LogP contribution in [0.2, 0.25) is 0 Å².